The van der Waals surface area contributed by atoms with Gasteiger partial charge in [-0.2, -0.15) is 8.78 Å². The third-order valence-corrected chi connectivity index (χ3v) is 5.87. The fourth-order valence-electron chi connectivity index (χ4n) is 3.60. The molecule has 22 heteroatoms. The first-order valence-corrected chi connectivity index (χ1v) is 14.1. The van der Waals surface area contributed by atoms with E-state index in [0.717, 1.165) is 59.5 Å². The second kappa shape index (κ2) is 17.8. The number of H-pyrrole nitrogens is 4. The molecule has 0 radical (unpaired) electrons. The SMILES string of the molecule is Cc1cc(=O)[nH][nH]1.Cc1cc(Oc2cc(F)ccc2[N+](=O)[O-])n[nH]1.Cc1cc(Oc2ccc([N+](=O)[O-])c(F)c2)n[nH]1.O=[N+]([O-])c1ccc(F)cc1F. The van der Waals surface area contributed by atoms with Crippen molar-refractivity contribution in [3.8, 4) is 23.3 Å². The lowest BCUT2D eigenvalue weighted by Gasteiger charge is -2.02. The number of benzene rings is 3. The second-order valence-electron chi connectivity index (χ2n) is 10.0. The number of aromatic nitrogens is 6. The van der Waals surface area contributed by atoms with E-state index in [0.29, 0.717) is 6.07 Å². The van der Waals surface area contributed by atoms with Gasteiger partial charge in [-0.1, -0.05) is 0 Å². The molecule has 0 unspecified atom stereocenters. The van der Waals surface area contributed by atoms with Crippen molar-refractivity contribution in [1.29, 1.82) is 0 Å². The van der Waals surface area contributed by atoms with Crippen LogP contribution in [0.15, 0.2) is 77.6 Å². The molecular weight excluding hydrogens is 706 g/mol. The standard InChI is InChI=1S/2C10H8FN3O3.C6H3F2NO2.C4H6N2O/c1-6-4-10(13-12-6)17-7-2-3-9(14(15)16)8(11)5-7;1-6-4-10(13-12-6)17-9-5-7(11)2-3-8(9)14(15)16;7-4-1-2-6(9(10)11)5(8)3-4;1-3-2-4(7)6-5-3/h2*2-5H,1H3,(H,12,13);1-3H;2H,1H3,(H2,5,6,7). The van der Waals surface area contributed by atoms with Gasteiger partial charge in [0.05, 0.1) is 14.8 Å². The molecule has 0 aliphatic heterocycles. The van der Waals surface area contributed by atoms with Crippen LogP contribution in [0.5, 0.6) is 23.3 Å². The highest BCUT2D eigenvalue weighted by Gasteiger charge is 2.18. The normalized spacial score (nSPS) is 9.98. The highest BCUT2D eigenvalue weighted by Crippen LogP contribution is 2.31. The molecule has 3 aromatic heterocycles. The molecule has 0 saturated heterocycles. The topological polar surface area (TPSA) is 254 Å². The molecule has 6 rings (SSSR count). The maximum Gasteiger partial charge on any atom is 0.311 e. The first kappa shape index (κ1) is 39.1. The zero-order chi connectivity index (χ0) is 38.5. The third-order valence-electron chi connectivity index (χ3n) is 5.87. The van der Waals surface area contributed by atoms with Crippen LogP contribution in [0.4, 0.5) is 34.6 Å². The van der Waals surface area contributed by atoms with Crippen molar-refractivity contribution < 1.29 is 41.8 Å². The Morgan fingerprint density at radius 1 is 0.577 bits per heavy atom. The van der Waals surface area contributed by atoms with E-state index in [2.05, 4.69) is 30.6 Å². The third kappa shape index (κ3) is 11.9. The largest absolute Gasteiger partial charge is 0.437 e. The lowest BCUT2D eigenvalue weighted by Crippen LogP contribution is -1.94. The minimum Gasteiger partial charge on any atom is -0.437 e. The molecule has 0 amide bonds. The number of nitrogens with zero attached hydrogens (tertiary/aromatic N) is 5. The number of aryl methyl sites for hydroxylation is 3. The number of hydrogen-bond acceptors (Lipinski definition) is 11. The summed E-state index contributed by atoms with van der Waals surface area (Å²) in [5, 5.41) is 48.9. The fraction of sp³-hybridized carbons (Fsp3) is 0.100. The Hall–Kier alpha value is -7.39. The smallest absolute Gasteiger partial charge is 0.311 e. The first-order valence-electron chi connectivity index (χ1n) is 14.1. The van der Waals surface area contributed by atoms with Gasteiger partial charge in [0, 0.05) is 71.7 Å². The number of nitro benzene ring substituents is 3. The van der Waals surface area contributed by atoms with Crippen LogP contribution in [0.1, 0.15) is 17.1 Å². The molecule has 3 heterocycles. The monoisotopic (exact) mass is 731 g/mol. The second-order valence-corrected chi connectivity index (χ2v) is 10.0. The van der Waals surface area contributed by atoms with E-state index in [9.17, 15) is 52.7 Å². The van der Waals surface area contributed by atoms with E-state index >= 15 is 0 Å². The summed E-state index contributed by atoms with van der Waals surface area (Å²) in [6.45, 7) is 5.36. The van der Waals surface area contributed by atoms with Gasteiger partial charge in [-0.05, 0) is 39.0 Å². The highest BCUT2D eigenvalue weighted by atomic mass is 19.1. The molecule has 6 aromatic rings. The van der Waals surface area contributed by atoms with Gasteiger partial charge in [0.15, 0.2) is 0 Å². The summed E-state index contributed by atoms with van der Waals surface area (Å²) in [4.78, 5) is 38.9. The van der Waals surface area contributed by atoms with Gasteiger partial charge in [-0.3, -0.25) is 50.4 Å². The predicted molar refractivity (Wildman–Crippen MR) is 172 cm³/mol. The van der Waals surface area contributed by atoms with Crippen LogP contribution in [0.3, 0.4) is 0 Å². The Kier molecular flexibility index (Phi) is 13.4. The van der Waals surface area contributed by atoms with E-state index in [1.165, 1.54) is 12.1 Å². The molecule has 4 N–H and O–H groups in total. The summed E-state index contributed by atoms with van der Waals surface area (Å²) in [7, 11) is 0. The van der Waals surface area contributed by atoms with Gasteiger partial charge in [0.25, 0.3) is 5.56 Å². The molecule has 0 bridgehead atoms. The minimum absolute atomic E-state index is 0.0718. The lowest BCUT2D eigenvalue weighted by atomic mass is 10.3. The number of rotatable bonds is 7. The molecule has 18 nitrogen and oxygen atoms in total. The summed E-state index contributed by atoms with van der Waals surface area (Å²) in [6, 6.07) is 13.1. The summed E-state index contributed by atoms with van der Waals surface area (Å²) in [5.74, 6) is -3.14. The van der Waals surface area contributed by atoms with Crippen molar-refractivity contribution >= 4 is 17.1 Å². The maximum atomic E-state index is 13.3. The predicted octanol–water partition coefficient (Wildman–Crippen LogP) is 7.00. The van der Waals surface area contributed by atoms with Crippen molar-refractivity contribution in [3.63, 3.8) is 0 Å². The van der Waals surface area contributed by atoms with Crippen LogP contribution in [0.2, 0.25) is 0 Å². The van der Waals surface area contributed by atoms with E-state index in [4.69, 9.17) is 9.47 Å². The van der Waals surface area contributed by atoms with Crippen LogP contribution in [-0.4, -0.2) is 45.4 Å². The van der Waals surface area contributed by atoms with Crippen LogP contribution in [0, 0.1) is 74.4 Å². The molecular formula is C30H25F4N9O9. The maximum absolute atomic E-state index is 13.3. The van der Waals surface area contributed by atoms with Gasteiger partial charge in [-0.15, -0.1) is 10.2 Å². The summed E-state index contributed by atoms with van der Waals surface area (Å²) in [6.07, 6.45) is 0. The molecule has 0 spiro atoms. The minimum atomic E-state index is -1.16. The van der Waals surface area contributed by atoms with Gasteiger partial charge in [-0.25, -0.2) is 8.78 Å². The Labute approximate surface area is 287 Å². The van der Waals surface area contributed by atoms with E-state index in [1.807, 2.05) is 6.92 Å². The summed E-state index contributed by atoms with van der Waals surface area (Å²) in [5.41, 5.74) is 0.706. The average molecular weight is 732 g/mol. The van der Waals surface area contributed by atoms with Crippen LogP contribution in [0.25, 0.3) is 0 Å². The molecule has 52 heavy (non-hydrogen) atoms. The van der Waals surface area contributed by atoms with Gasteiger partial charge in [0.2, 0.25) is 29.1 Å². The van der Waals surface area contributed by atoms with Crippen LogP contribution >= 0.6 is 0 Å². The fourth-order valence-corrected chi connectivity index (χ4v) is 3.60. The van der Waals surface area contributed by atoms with Crippen molar-refractivity contribution in [1.82, 2.24) is 30.6 Å². The molecule has 0 aliphatic rings. The Morgan fingerprint density at radius 3 is 1.46 bits per heavy atom. The first-order chi connectivity index (χ1) is 24.5. The molecule has 3 aromatic carbocycles. The van der Waals surface area contributed by atoms with Gasteiger partial charge >= 0.3 is 17.1 Å². The molecule has 0 aliphatic carbocycles. The Morgan fingerprint density at radius 2 is 1.06 bits per heavy atom. The van der Waals surface area contributed by atoms with Crippen molar-refractivity contribution in [3.05, 3.63) is 154 Å². The number of nitrogens with one attached hydrogen (secondary N) is 4. The number of hydrogen-bond donors (Lipinski definition) is 4. The van der Waals surface area contributed by atoms with Crippen molar-refractivity contribution in [2.45, 2.75) is 20.8 Å². The number of ether oxygens (including phenoxy) is 2. The van der Waals surface area contributed by atoms with Gasteiger partial charge < -0.3 is 14.6 Å². The molecule has 0 atom stereocenters. The zero-order valence-electron chi connectivity index (χ0n) is 26.9. The molecule has 0 fully saturated rings. The van der Waals surface area contributed by atoms with Crippen molar-refractivity contribution in [2.24, 2.45) is 0 Å². The van der Waals surface area contributed by atoms with Crippen LogP contribution in [-0.2, 0) is 0 Å². The van der Waals surface area contributed by atoms with E-state index in [1.54, 1.807) is 26.0 Å². The summed E-state index contributed by atoms with van der Waals surface area (Å²) < 4.78 is 61.2. The number of nitro groups is 3. The van der Waals surface area contributed by atoms with Crippen molar-refractivity contribution in [2.75, 3.05) is 0 Å². The molecule has 0 saturated carbocycles. The Bertz CT molecular complexity index is 2240. The molecule has 272 valence electrons. The lowest BCUT2D eigenvalue weighted by molar-refractivity contribution is -0.387. The van der Waals surface area contributed by atoms with E-state index in [-0.39, 0.29) is 34.5 Å². The quantitative estimate of drug-likeness (QED) is 0.0738. The van der Waals surface area contributed by atoms with E-state index < -0.39 is 49.4 Å². The highest BCUT2D eigenvalue weighted by molar-refractivity contribution is 5.48. The van der Waals surface area contributed by atoms with Gasteiger partial charge in [0.1, 0.15) is 17.4 Å². The average Bonchev–Trinajstić information content (AvgIpc) is 3.78. The summed E-state index contributed by atoms with van der Waals surface area (Å²) >= 11 is 0. The zero-order valence-corrected chi connectivity index (χ0v) is 26.9. The van der Waals surface area contributed by atoms with Crippen LogP contribution < -0.4 is 15.0 Å². The number of halogens is 4. The Balaban J connectivity index is 0.000000196. The number of aromatic amines is 4.